The van der Waals surface area contributed by atoms with Crippen LogP contribution in [0.4, 0.5) is 16.0 Å². The van der Waals surface area contributed by atoms with E-state index in [-0.39, 0.29) is 32.1 Å². The van der Waals surface area contributed by atoms with Crippen LogP contribution < -0.4 is 16.2 Å². The van der Waals surface area contributed by atoms with Crippen LogP contribution in [-0.2, 0) is 13.0 Å². The maximum atomic E-state index is 14.5. The van der Waals surface area contributed by atoms with Crippen LogP contribution in [0.15, 0.2) is 65.3 Å². The lowest BCUT2D eigenvalue weighted by Crippen LogP contribution is -2.00. The lowest BCUT2D eigenvalue weighted by atomic mass is 10.1. The summed E-state index contributed by atoms with van der Waals surface area (Å²) in [7, 11) is 0. The summed E-state index contributed by atoms with van der Waals surface area (Å²) in [5.74, 6) is 1.16. The number of aromatic nitrogens is 3. The van der Waals surface area contributed by atoms with E-state index in [0.29, 0.717) is 39.8 Å². The van der Waals surface area contributed by atoms with E-state index in [0.717, 1.165) is 0 Å². The predicted molar refractivity (Wildman–Crippen MR) is 113 cm³/mol. The fourth-order valence-corrected chi connectivity index (χ4v) is 2.83. The smallest absolute Gasteiger partial charge is 0.213 e. The minimum atomic E-state index is -0.342. The highest BCUT2D eigenvalue weighted by Crippen LogP contribution is 2.27. The van der Waals surface area contributed by atoms with Crippen molar-refractivity contribution in [3.05, 3.63) is 83.4 Å². The highest BCUT2D eigenvalue weighted by atomic mass is 19.1. The van der Waals surface area contributed by atoms with E-state index in [4.69, 9.17) is 20.7 Å². The molecule has 0 radical (unpaired) electrons. The SMILES string of the molecule is C.Nc1ccc(-c2cc(Cc3ccc(COc4ccccn4)cc3F)no2)c(N)n1. The average Bonchev–Trinajstić information content (AvgIpc) is 3.17. The molecule has 0 spiro atoms. The molecule has 30 heavy (non-hydrogen) atoms. The van der Waals surface area contributed by atoms with Gasteiger partial charge < -0.3 is 20.7 Å². The highest BCUT2D eigenvalue weighted by molar-refractivity contribution is 5.71. The zero-order valence-electron chi connectivity index (χ0n) is 15.4. The van der Waals surface area contributed by atoms with Crippen LogP contribution in [0, 0.1) is 5.82 Å². The van der Waals surface area contributed by atoms with Crippen LogP contribution in [0.5, 0.6) is 5.88 Å². The number of halogens is 1. The first-order valence-electron chi connectivity index (χ1n) is 8.87. The Morgan fingerprint density at radius 1 is 1.03 bits per heavy atom. The maximum absolute atomic E-state index is 14.5. The monoisotopic (exact) mass is 407 g/mol. The largest absolute Gasteiger partial charge is 0.473 e. The number of anilines is 2. The Hall–Kier alpha value is -3.94. The van der Waals surface area contributed by atoms with Crippen LogP contribution in [0.1, 0.15) is 24.2 Å². The van der Waals surface area contributed by atoms with E-state index in [1.165, 1.54) is 6.07 Å². The summed E-state index contributed by atoms with van der Waals surface area (Å²) < 4.78 is 25.4. The zero-order chi connectivity index (χ0) is 20.2. The number of rotatable bonds is 6. The molecule has 1 aromatic carbocycles. The van der Waals surface area contributed by atoms with Gasteiger partial charge in [-0.15, -0.1) is 0 Å². The average molecular weight is 407 g/mol. The summed E-state index contributed by atoms with van der Waals surface area (Å²) in [6.45, 7) is 0.228. The molecule has 4 N–H and O–H groups in total. The number of nitrogens with zero attached hydrogens (tertiary/aromatic N) is 3. The van der Waals surface area contributed by atoms with Gasteiger partial charge in [0.1, 0.15) is 24.1 Å². The number of nitrogens with two attached hydrogens (primary N) is 2. The van der Waals surface area contributed by atoms with Crippen molar-refractivity contribution in [3.8, 4) is 17.2 Å². The van der Waals surface area contributed by atoms with Gasteiger partial charge in [-0.2, -0.15) is 0 Å². The lowest BCUT2D eigenvalue weighted by molar-refractivity contribution is 0.293. The molecule has 3 heterocycles. The quantitative estimate of drug-likeness (QED) is 0.491. The van der Waals surface area contributed by atoms with Crippen molar-refractivity contribution in [1.82, 2.24) is 15.1 Å². The summed E-state index contributed by atoms with van der Waals surface area (Å²) in [5, 5.41) is 4.00. The maximum Gasteiger partial charge on any atom is 0.213 e. The van der Waals surface area contributed by atoms with E-state index in [2.05, 4.69) is 15.1 Å². The third-order valence-corrected chi connectivity index (χ3v) is 4.28. The Morgan fingerprint density at radius 3 is 2.63 bits per heavy atom. The standard InChI is InChI=1S/C21H18FN5O2.CH4/c22-17-9-13(12-28-20-3-1-2-8-25-20)4-5-14(17)10-15-11-18(29-27-15)16-6-7-19(23)26-21(16)24;/h1-9,11H,10,12H2,(H4,23,24,26);1H4. The molecule has 4 aromatic rings. The fraction of sp³-hybridized carbons (Fsp3) is 0.136. The first-order chi connectivity index (χ1) is 14.1. The second-order valence-corrected chi connectivity index (χ2v) is 6.41. The lowest BCUT2D eigenvalue weighted by Gasteiger charge is -2.07. The Morgan fingerprint density at radius 2 is 1.90 bits per heavy atom. The summed E-state index contributed by atoms with van der Waals surface area (Å²) in [4.78, 5) is 8.07. The van der Waals surface area contributed by atoms with Gasteiger partial charge in [-0.25, -0.2) is 14.4 Å². The molecule has 0 atom stereocenters. The first-order valence-corrected chi connectivity index (χ1v) is 8.87. The predicted octanol–water partition coefficient (Wildman–Crippen LogP) is 4.24. The zero-order valence-corrected chi connectivity index (χ0v) is 15.4. The fourth-order valence-electron chi connectivity index (χ4n) is 2.83. The van der Waals surface area contributed by atoms with Crippen LogP contribution in [0.25, 0.3) is 11.3 Å². The van der Waals surface area contributed by atoms with Crippen molar-refractivity contribution in [1.29, 1.82) is 0 Å². The van der Waals surface area contributed by atoms with Crippen LogP contribution in [0.3, 0.4) is 0 Å². The Kier molecular flexibility index (Phi) is 6.26. The van der Waals surface area contributed by atoms with Crippen molar-refractivity contribution < 1.29 is 13.7 Å². The van der Waals surface area contributed by atoms with Gasteiger partial charge in [0.15, 0.2) is 5.76 Å². The van der Waals surface area contributed by atoms with Crippen molar-refractivity contribution in [2.24, 2.45) is 0 Å². The number of ether oxygens (including phenoxy) is 1. The molecule has 3 aromatic heterocycles. The van der Waals surface area contributed by atoms with E-state index in [1.807, 2.05) is 12.1 Å². The second kappa shape index (κ2) is 9.04. The van der Waals surface area contributed by atoms with Crippen molar-refractivity contribution in [2.45, 2.75) is 20.5 Å². The number of pyridine rings is 2. The molecule has 0 amide bonds. The number of nitrogen functional groups attached to an aromatic ring is 2. The molecule has 0 aliphatic heterocycles. The topological polar surface area (TPSA) is 113 Å². The van der Waals surface area contributed by atoms with Gasteiger partial charge in [0.2, 0.25) is 5.88 Å². The molecule has 7 nitrogen and oxygen atoms in total. The number of benzene rings is 1. The molecular weight excluding hydrogens is 385 g/mol. The van der Waals surface area contributed by atoms with E-state index in [9.17, 15) is 4.39 Å². The van der Waals surface area contributed by atoms with Crippen molar-refractivity contribution in [2.75, 3.05) is 11.5 Å². The van der Waals surface area contributed by atoms with Crippen LogP contribution in [0.2, 0.25) is 0 Å². The minimum absolute atomic E-state index is 0. The van der Waals surface area contributed by atoms with Gasteiger partial charge in [0.05, 0.1) is 11.3 Å². The molecule has 0 fully saturated rings. The van der Waals surface area contributed by atoms with Gasteiger partial charge in [-0.1, -0.05) is 30.8 Å². The van der Waals surface area contributed by atoms with Crippen molar-refractivity contribution in [3.63, 3.8) is 0 Å². The Labute approximate surface area is 173 Å². The number of hydrogen-bond acceptors (Lipinski definition) is 7. The molecule has 0 aliphatic carbocycles. The van der Waals surface area contributed by atoms with Gasteiger partial charge >= 0.3 is 0 Å². The molecule has 0 unspecified atom stereocenters. The van der Waals surface area contributed by atoms with Crippen molar-refractivity contribution >= 4 is 11.6 Å². The van der Waals surface area contributed by atoms with Gasteiger partial charge in [0.25, 0.3) is 0 Å². The highest BCUT2D eigenvalue weighted by Gasteiger charge is 2.13. The summed E-state index contributed by atoms with van der Waals surface area (Å²) in [5.41, 5.74) is 13.8. The minimum Gasteiger partial charge on any atom is -0.473 e. The third-order valence-electron chi connectivity index (χ3n) is 4.28. The molecule has 0 saturated heterocycles. The number of hydrogen-bond donors (Lipinski definition) is 2. The van der Waals surface area contributed by atoms with Gasteiger partial charge in [0, 0.05) is 24.8 Å². The Balaban J connectivity index is 0.00000256. The molecular formula is C22H22FN5O2. The van der Waals surface area contributed by atoms with Crippen LogP contribution >= 0.6 is 0 Å². The molecule has 0 saturated carbocycles. The summed E-state index contributed by atoms with van der Waals surface area (Å²) in [6, 6.07) is 15.4. The van der Waals surface area contributed by atoms with E-state index >= 15 is 0 Å². The summed E-state index contributed by atoms with van der Waals surface area (Å²) >= 11 is 0. The normalized spacial score (nSPS) is 10.4. The Bertz CT molecular complexity index is 1130. The molecule has 4 rings (SSSR count). The third kappa shape index (κ3) is 4.72. The van der Waals surface area contributed by atoms with Crippen LogP contribution in [-0.4, -0.2) is 15.1 Å². The van der Waals surface area contributed by atoms with E-state index < -0.39 is 0 Å². The summed E-state index contributed by atoms with van der Waals surface area (Å²) in [6.07, 6.45) is 1.91. The second-order valence-electron chi connectivity index (χ2n) is 6.41. The molecule has 154 valence electrons. The molecule has 0 aliphatic rings. The van der Waals surface area contributed by atoms with E-state index in [1.54, 1.807) is 42.6 Å². The first kappa shape index (κ1) is 20.8. The molecule has 8 heteroatoms. The van der Waals surface area contributed by atoms with Gasteiger partial charge in [-0.05, 0) is 35.4 Å². The molecule has 0 bridgehead atoms. The van der Waals surface area contributed by atoms with Gasteiger partial charge in [-0.3, -0.25) is 0 Å².